The van der Waals surface area contributed by atoms with Crippen LogP contribution < -0.4 is 11.3 Å². The lowest BCUT2D eigenvalue weighted by molar-refractivity contribution is 0.574. The molecule has 1 atom stereocenters. The van der Waals surface area contributed by atoms with Gasteiger partial charge in [-0.05, 0) is 58.4 Å². The maximum Gasteiger partial charge on any atom is 0.256 e. The lowest BCUT2D eigenvalue weighted by Crippen LogP contribution is -2.29. The van der Waals surface area contributed by atoms with Crippen molar-refractivity contribution >= 4 is 0 Å². The molecule has 0 aliphatic rings. The predicted molar refractivity (Wildman–Crippen MR) is 88.6 cm³/mol. The maximum absolute atomic E-state index is 12.7. The first-order valence-electron chi connectivity index (χ1n) is 7.41. The largest absolute Gasteiger partial charge is 0.324 e. The highest BCUT2D eigenvalue weighted by molar-refractivity contribution is 5.65. The first-order chi connectivity index (χ1) is 9.82. The normalized spacial score (nSPS) is 12.7. The lowest BCUT2D eigenvalue weighted by Gasteiger charge is -2.20. The second kappa shape index (κ2) is 5.86. The Morgan fingerprint density at radius 3 is 2.29 bits per heavy atom. The summed E-state index contributed by atoms with van der Waals surface area (Å²) in [6, 6.07) is 10.0. The average Bonchev–Trinajstić information content (AvgIpc) is 2.40. The third-order valence-corrected chi connectivity index (χ3v) is 3.82. The molecule has 0 aliphatic carbocycles. The van der Waals surface area contributed by atoms with Crippen molar-refractivity contribution in [1.29, 1.82) is 0 Å². The number of benzene rings is 1. The predicted octanol–water partition coefficient (Wildman–Crippen LogP) is 3.73. The van der Waals surface area contributed by atoms with Gasteiger partial charge in [-0.25, -0.2) is 0 Å². The van der Waals surface area contributed by atoms with Crippen LogP contribution in [0, 0.1) is 13.8 Å². The van der Waals surface area contributed by atoms with Gasteiger partial charge in [0, 0.05) is 23.2 Å². The monoisotopic (exact) mass is 284 g/mol. The Bertz CT molecular complexity index is 712. The van der Waals surface area contributed by atoms with Crippen molar-refractivity contribution < 1.29 is 0 Å². The second-order valence-electron chi connectivity index (χ2n) is 6.05. The third-order valence-electron chi connectivity index (χ3n) is 3.82. The van der Waals surface area contributed by atoms with Crippen LogP contribution in [0.15, 0.2) is 35.1 Å². The third kappa shape index (κ3) is 2.93. The topological polar surface area (TPSA) is 48.0 Å². The fraction of sp³-hybridized carbons (Fsp3) is 0.389. The molecule has 0 saturated heterocycles. The lowest BCUT2D eigenvalue weighted by atomic mass is 10.00. The number of hydrogen-bond acceptors (Lipinski definition) is 2. The van der Waals surface area contributed by atoms with Crippen LogP contribution in [0.5, 0.6) is 0 Å². The Hall–Kier alpha value is -1.87. The Morgan fingerprint density at radius 2 is 1.71 bits per heavy atom. The van der Waals surface area contributed by atoms with Crippen LogP contribution in [0.4, 0.5) is 0 Å². The van der Waals surface area contributed by atoms with Crippen LogP contribution in [0.2, 0.25) is 0 Å². The zero-order chi connectivity index (χ0) is 15.7. The highest BCUT2D eigenvalue weighted by Crippen LogP contribution is 2.26. The molecule has 2 rings (SSSR count). The molecule has 3 heteroatoms. The fourth-order valence-corrected chi connectivity index (χ4v) is 2.66. The Kier molecular flexibility index (Phi) is 4.33. The first kappa shape index (κ1) is 15.5. The van der Waals surface area contributed by atoms with Gasteiger partial charge in [0.15, 0.2) is 0 Å². The van der Waals surface area contributed by atoms with E-state index in [0.29, 0.717) is 5.56 Å². The van der Waals surface area contributed by atoms with Crippen molar-refractivity contribution in [3.63, 3.8) is 0 Å². The molecule has 1 aromatic carbocycles. The summed E-state index contributed by atoms with van der Waals surface area (Å²) in [4.78, 5) is 12.7. The van der Waals surface area contributed by atoms with Gasteiger partial charge in [0.05, 0.1) is 5.69 Å². The van der Waals surface area contributed by atoms with E-state index in [0.717, 1.165) is 11.3 Å². The van der Waals surface area contributed by atoms with Crippen LogP contribution in [-0.2, 0) is 0 Å². The number of aromatic nitrogens is 1. The van der Waals surface area contributed by atoms with Crippen molar-refractivity contribution in [3.8, 4) is 11.3 Å². The molecular weight excluding hydrogens is 260 g/mol. The van der Waals surface area contributed by atoms with Gasteiger partial charge in [0.25, 0.3) is 5.56 Å². The van der Waals surface area contributed by atoms with Gasteiger partial charge in [-0.15, -0.1) is 0 Å². The van der Waals surface area contributed by atoms with Crippen LogP contribution in [0.3, 0.4) is 0 Å². The molecule has 2 N–H and O–H groups in total. The van der Waals surface area contributed by atoms with E-state index in [1.165, 1.54) is 11.1 Å². The highest BCUT2D eigenvalue weighted by atomic mass is 16.1. The van der Waals surface area contributed by atoms with Crippen molar-refractivity contribution in [3.05, 3.63) is 57.4 Å². The summed E-state index contributed by atoms with van der Waals surface area (Å²) < 4.78 is 1.85. The highest BCUT2D eigenvalue weighted by Gasteiger charge is 2.16. The minimum atomic E-state index is -0.254. The van der Waals surface area contributed by atoms with Crippen molar-refractivity contribution in [2.75, 3.05) is 0 Å². The van der Waals surface area contributed by atoms with Gasteiger partial charge in [0.2, 0.25) is 0 Å². The second-order valence-corrected chi connectivity index (χ2v) is 6.05. The summed E-state index contributed by atoms with van der Waals surface area (Å²) in [5.41, 5.74) is 11.0. The van der Waals surface area contributed by atoms with E-state index >= 15 is 0 Å². The number of nitrogens with zero attached hydrogens (tertiary/aromatic N) is 1. The van der Waals surface area contributed by atoms with E-state index in [-0.39, 0.29) is 17.6 Å². The number of rotatable bonds is 3. The molecule has 0 bridgehead atoms. The minimum absolute atomic E-state index is 0.0124. The molecule has 21 heavy (non-hydrogen) atoms. The van der Waals surface area contributed by atoms with Gasteiger partial charge in [-0.2, -0.15) is 0 Å². The quantitative estimate of drug-likeness (QED) is 0.933. The average molecular weight is 284 g/mol. The van der Waals surface area contributed by atoms with Crippen LogP contribution >= 0.6 is 0 Å². The molecule has 0 aliphatic heterocycles. The summed E-state index contributed by atoms with van der Waals surface area (Å²) in [5.74, 6) is 0. The summed E-state index contributed by atoms with van der Waals surface area (Å²) in [6.07, 6.45) is 0. The molecule has 3 nitrogen and oxygen atoms in total. The van der Waals surface area contributed by atoms with E-state index in [1.807, 2.05) is 37.5 Å². The summed E-state index contributed by atoms with van der Waals surface area (Å²) in [7, 11) is 0. The SMILES string of the molecule is Cc1ccc(C)c(-c2ccc(C(C)N)c(=O)n2C(C)C)c1. The Balaban J connectivity index is 2.78. The summed E-state index contributed by atoms with van der Waals surface area (Å²) >= 11 is 0. The van der Waals surface area contributed by atoms with Crippen molar-refractivity contribution in [1.82, 2.24) is 4.57 Å². The summed E-state index contributed by atoms with van der Waals surface area (Å²) in [5, 5.41) is 0. The molecule has 2 aromatic rings. The maximum atomic E-state index is 12.7. The van der Waals surface area contributed by atoms with Crippen LogP contribution in [-0.4, -0.2) is 4.57 Å². The zero-order valence-corrected chi connectivity index (χ0v) is 13.5. The standard InChI is InChI=1S/C18H24N2O/c1-11(2)20-17(9-8-15(14(5)19)18(20)21)16-10-12(3)6-7-13(16)4/h6-11,14H,19H2,1-5H3. The van der Waals surface area contributed by atoms with Gasteiger partial charge in [0.1, 0.15) is 0 Å². The van der Waals surface area contributed by atoms with E-state index < -0.39 is 0 Å². The first-order valence-corrected chi connectivity index (χ1v) is 7.41. The number of hydrogen-bond donors (Lipinski definition) is 1. The Morgan fingerprint density at radius 1 is 1.05 bits per heavy atom. The smallest absolute Gasteiger partial charge is 0.256 e. The molecule has 112 valence electrons. The molecule has 0 amide bonds. The molecule has 1 heterocycles. The van der Waals surface area contributed by atoms with E-state index in [2.05, 4.69) is 32.0 Å². The molecule has 0 fully saturated rings. The molecule has 0 saturated carbocycles. The molecule has 0 radical (unpaired) electrons. The van der Waals surface area contributed by atoms with Crippen LogP contribution in [0.1, 0.15) is 49.5 Å². The number of aryl methyl sites for hydroxylation is 2. The van der Waals surface area contributed by atoms with Crippen LogP contribution in [0.25, 0.3) is 11.3 Å². The number of pyridine rings is 1. The molecule has 1 unspecified atom stereocenters. The van der Waals surface area contributed by atoms with Crippen molar-refractivity contribution in [2.45, 2.75) is 46.7 Å². The van der Waals surface area contributed by atoms with E-state index in [9.17, 15) is 4.79 Å². The minimum Gasteiger partial charge on any atom is -0.324 e. The van der Waals surface area contributed by atoms with Gasteiger partial charge in [-0.3, -0.25) is 4.79 Å². The number of nitrogens with two attached hydrogens (primary N) is 1. The fourth-order valence-electron chi connectivity index (χ4n) is 2.66. The van der Waals surface area contributed by atoms with Gasteiger partial charge >= 0.3 is 0 Å². The van der Waals surface area contributed by atoms with Gasteiger partial charge < -0.3 is 10.3 Å². The zero-order valence-electron chi connectivity index (χ0n) is 13.5. The van der Waals surface area contributed by atoms with E-state index in [1.54, 1.807) is 0 Å². The molecular formula is C18H24N2O. The van der Waals surface area contributed by atoms with E-state index in [4.69, 9.17) is 5.73 Å². The molecule has 1 aromatic heterocycles. The summed E-state index contributed by atoms with van der Waals surface area (Å²) in [6.45, 7) is 10.0. The Labute approximate surface area is 126 Å². The van der Waals surface area contributed by atoms with Gasteiger partial charge in [-0.1, -0.05) is 17.7 Å². The molecule has 0 spiro atoms. The van der Waals surface area contributed by atoms with Crippen molar-refractivity contribution in [2.24, 2.45) is 5.73 Å².